The minimum absolute atomic E-state index is 0.246. The smallest absolute Gasteiger partial charge is 0.403 e. The molecule has 4 heteroatoms. The van der Waals surface area contributed by atoms with Gasteiger partial charge in [-0.05, 0) is 45.4 Å². The van der Waals surface area contributed by atoms with Gasteiger partial charge in [-0.25, -0.2) is 0 Å². The third-order valence-electron chi connectivity index (χ3n) is 3.76. The molecule has 0 aliphatic carbocycles. The number of nitrogens with zero attached hydrogens (tertiary/aromatic N) is 1. The van der Waals surface area contributed by atoms with Gasteiger partial charge in [0, 0.05) is 6.32 Å². The number of nitriles is 1. The zero-order valence-corrected chi connectivity index (χ0v) is 11.4. The van der Waals surface area contributed by atoms with Gasteiger partial charge in [0.1, 0.15) is 0 Å². The Morgan fingerprint density at radius 3 is 2.33 bits per heavy atom. The summed E-state index contributed by atoms with van der Waals surface area (Å²) < 4.78 is 11.9. The normalized spacial score (nSPS) is 20.7. The van der Waals surface area contributed by atoms with E-state index in [1.807, 2.05) is 45.9 Å². The Bertz CT molecular complexity index is 475. The summed E-state index contributed by atoms with van der Waals surface area (Å²) in [5.41, 5.74) is 1.13. The summed E-state index contributed by atoms with van der Waals surface area (Å²) in [6.07, 6.45) is 0.669. The summed E-state index contributed by atoms with van der Waals surface area (Å²) in [5.74, 6) is 0. The van der Waals surface area contributed by atoms with Crippen LogP contribution in [-0.2, 0) is 15.6 Å². The number of hydrogen-bond donors (Lipinski definition) is 0. The molecular formula is C14H18BNO2. The summed E-state index contributed by atoms with van der Waals surface area (Å²) in [6, 6.07) is 9.70. The van der Waals surface area contributed by atoms with E-state index in [0.717, 1.165) is 5.56 Å². The first-order valence-electron chi connectivity index (χ1n) is 6.19. The lowest BCUT2D eigenvalue weighted by Crippen LogP contribution is -2.41. The minimum atomic E-state index is -0.301. The largest absolute Gasteiger partial charge is 0.462 e. The first-order valence-corrected chi connectivity index (χ1v) is 6.19. The Balaban J connectivity index is 2.10. The van der Waals surface area contributed by atoms with Gasteiger partial charge in [-0.3, -0.25) is 0 Å². The Hall–Kier alpha value is -1.31. The van der Waals surface area contributed by atoms with E-state index < -0.39 is 0 Å². The van der Waals surface area contributed by atoms with Crippen LogP contribution in [0.1, 0.15) is 38.8 Å². The fourth-order valence-electron chi connectivity index (χ4n) is 2.01. The summed E-state index contributed by atoms with van der Waals surface area (Å²) in [6.45, 7) is 8.16. The van der Waals surface area contributed by atoms with Gasteiger partial charge in [0.2, 0.25) is 0 Å². The third kappa shape index (κ3) is 2.43. The zero-order valence-electron chi connectivity index (χ0n) is 11.4. The first-order chi connectivity index (χ1) is 8.34. The van der Waals surface area contributed by atoms with Crippen molar-refractivity contribution in [1.82, 2.24) is 0 Å². The second-order valence-corrected chi connectivity index (χ2v) is 5.70. The van der Waals surface area contributed by atoms with Gasteiger partial charge < -0.3 is 9.31 Å². The number of rotatable bonds is 2. The van der Waals surface area contributed by atoms with Crippen LogP contribution in [0.5, 0.6) is 0 Å². The molecule has 94 valence electrons. The average molecular weight is 243 g/mol. The van der Waals surface area contributed by atoms with Gasteiger partial charge in [-0.15, -0.1) is 0 Å². The first kappa shape index (κ1) is 13.1. The Morgan fingerprint density at radius 2 is 1.78 bits per heavy atom. The Morgan fingerprint density at radius 1 is 1.17 bits per heavy atom. The van der Waals surface area contributed by atoms with Crippen molar-refractivity contribution < 1.29 is 9.31 Å². The van der Waals surface area contributed by atoms with Crippen LogP contribution in [-0.4, -0.2) is 18.3 Å². The molecule has 0 amide bonds. The fourth-order valence-corrected chi connectivity index (χ4v) is 2.01. The summed E-state index contributed by atoms with van der Waals surface area (Å²) in [5, 5.41) is 8.88. The van der Waals surface area contributed by atoms with E-state index in [9.17, 15) is 0 Å². The summed E-state index contributed by atoms with van der Waals surface area (Å²) >= 11 is 0. The molecule has 1 aliphatic rings. The van der Waals surface area contributed by atoms with Crippen molar-refractivity contribution in [1.29, 1.82) is 5.26 Å². The predicted octanol–water partition coefficient (Wildman–Crippen LogP) is 2.73. The van der Waals surface area contributed by atoms with Gasteiger partial charge >= 0.3 is 7.12 Å². The van der Waals surface area contributed by atoms with Gasteiger partial charge in [-0.2, -0.15) is 5.26 Å². The van der Waals surface area contributed by atoms with Crippen molar-refractivity contribution in [3.63, 3.8) is 0 Å². The molecule has 0 atom stereocenters. The monoisotopic (exact) mass is 243 g/mol. The van der Waals surface area contributed by atoms with E-state index in [1.165, 1.54) is 0 Å². The zero-order chi connectivity index (χ0) is 13.4. The molecule has 0 spiro atoms. The lowest BCUT2D eigenvalue weighted by molar-refractivity contribution is 0.00578. The minimum Gasteiger partial charge on any atom is -0.403 e. The van der Waals surface area contributed by atoms with Crippen molar-refractivity contribution in [2.45, 2.75) is 45.2 Å². The summed E-state index contributed by atoms with van der Waals surface area (Å²) in [7, 11) is -0.246. The quantitative estimate of drug-likeness (QED) is 0.750. The fraction of sp³-hybridized carbons (Fsp3) is 0.500. The molecule has 0 bridgehead atoms. The van der Waals surface area contributed by atoms with Gasteiger partial charge in [0.05, 0.1) is 22.8 Å². The maximum absolute atomic E-state index is 8.88. The van der Waals surface area contributed by atoms with Crippen LogP contribution in [0.25, 0.3) is 0 Å². The Kier molecular flexibility index (Phi) is 3.22. The second kappa shape index (κ2) is 4.42. The Labute approximate surface area is 109 Å². The lowest BCUT2D eigenvalue weighted by atomic mass is 9.80. The molecule has 0 unspecified atom stereocenters. The molecule has 0 N–H and O–H groups in total. The van der Waals surface area contributed by atoms with Crippen molar-refractivity contribution in [3.05, 3.63) is 35.4 Å². The third-order valence-corrected chi connectivity index (χ3v) is 3.76. The summed E-state index contributed by atoms with van der Waals surface area (Å²) in [4.78, 5) is 0. The lowest BCUT2D eigenvalue weighted by Gasteiger charge is -2.32. The highest BCUT2D eigenvalue weighted by Gasteiger charge is 2.50. The maximum atomic E-state index is 8.88. The molecule has 0 radical (unpaired) electrons. The van der Waals surface area contributed by atoms with Crippen LogP contribution in [0.2, 0.25) is 0 Å². The van der Waals surface area contributed by atoms with E-state index in [-0.39, 0.29) is 18.3 Å². The molecule has 3 nitrogen and oxygen atoms in total. The molecule has 1 heterocycles. The molecule has 1 fully saturated rings. The van der Waals surface area contributed by atoms with Crippen molar-refractivity contribution in [3.8, 4) is 6.07 Å². The topological polar surface area (TPSA) is 42.2 Å². The standard InChI is InChI=1S/C14H18BNO2/c1-13(2)14(3,4)18-15(17-13)9-11-6-5-7-12(8-11)10-16/h5-8H,9H2,1-4H3. The molecule has 1 aromatic carbocycles. The highest BCUT2D eigenvalue weighted by molar-refractivity contribution is 6.45. The molecule has 2 rings (SSSR count). The van der Waals surface area contributed by atoms with E-state index >= 15 is 0 Å². The van der Waals surface area contributed by atoms with Gasteiger partial charge in [0.15, 0.2) is 0 Å². The second-order valence-electron chi connectivity index (χ2n) is 5.70. The van der Waals surface area contributed by atoms with Crippen LogP contribution in [0.3, 0.4) is 0 Å². The van der Waals surface area contributed by atoms with Crippen LogP contribution >= 0.6 is 0 Å². The average Bonchev–Trinajstić information content (AvgIpc) is 2.47. The number of hydrogen-bond acceptors (Lipinski definition) is 3. The SMILES string of the molecule is CC1(C)OB(Cc2cccc(C#N)c2)OC1(C)C. The number of benzene rings is 1. The highest BCUT2D eigenvalue weighted by Crippen LogP contribution is 2.37. The van der Waals surface area contributed by atoms with Gasteiger partial charge in [-0.1, -0.05) is 12.1 Å². The molecule has 18 heavy (non-hydrogen) atoms. The molecule has 0 aromatic heterocycles. The van der Waals surface area contributed by atoms with Crippen LogP contribution in [0.4, 0.5) is 0 Å². The molecular weight excluding hydrogens is 225 g/mol. The molecule has 1 aromatic rings. The van der Waals surface area contributed by atoms with E-state index in [1.54, 1.807) is 6.07 Å². The van der Waals surface area contributed by atoms with Crippen LogP contribution < -0.4 is 0 Å². The highest BCUT2D eigenvalue weighted by atomic mass is 16.7. The maximum Gasteiger partial charge on any atom is 0.462 e. The van der Waals surface area contributed by atoms with Crippen LogP contribution in [0.15, 0.2) is 24.3 Å². The molecule has 1 aliphatic heterocycles. The van der Waals surface area contributed by atoms with E-state index in [4.69, 9.17) is 14.6 Å². The van der Waals surface area contributed by atoms with Crippen molar-refractivity contribution in [2.75, 3.05) is 0 Å². The van der Waals surface area contributed by atoms with Crippen molar-refractivity contribution in [2.24, 2.45) is 0 Å². The van der Waals surface area contributed by atoms with Crippen LogP contribution in [0, 0.1) is 11.3 Å². The van der Waals surface area contributed by atoms with Crippen molar-refractivity contribution >= 4 is 7.12 Å². The van der Waals surface area contributed by atoms with E-state index in [0.29, 0.717) is 11.9 Å². The molecule has 1 saturated heterocycles. The predicted molar refractivity (Wildman–Crippen MR) is 70.9 cm³/mol. The van der Waals surface area contributed by atoms with Gasteiger partial charge in [0.25, 0.3) is 0 Å². The molecule has 0 saturated carbocycles. The van der Waals surface area contributed by atoms with E-state index in [2.05, 4.69) is 6.07 Å².